The summed E-state index contributed by atoms with van der Waals surface area (Å²) in [5.74, 6) is 0. The first-order valence-corrected chi connectivity index (χ1v) is 5.05. The van der Waals surface area contributed by atoms with Gasteiger partial charge in [-0.25, -0.2) is 0 Å². The third-order valence-corrected chi connectivity index (χ3v) is 1.52. The van der Waals surface area contributed by atoms with Gasteiger partial charge in [0.1, 0.15) is 0 Å². The Kier molecular flexibility index (Phi) is 20.6. The van der Waals surface area contributed by atoms with Gasteiger partial charge in [0.05, 0.1) is 0 Å². The Morgan fingerprint density at radius 3 is 1.08 bits per heavy atom. The van der Waals surface area contributed by atoms with Gasteiger partial charge < -0.3 is 10.2 Å². The van der Waals surface area contributed by atoms with Crippen molar-refractivity contribution in [2.45, 2.75) is 52.4 Å². The second-order valence-electron chi connectivity index (χ2n) is 2.86. The van der Waals surface area contributed by atoms with E-state index in [-0.39, 0.29) is 0 Å². The largest absolute Gasteiger partial charge is 0.396 e. The number of rotatable bonds is 6. The normalized spacial score (nSPS) is 9.00. The van der Waals surface area contributed by atoms with Gasteiger partial charge in [-0.2, -0.15) is 0 Å². The molecule has 0 aromatic rings. The van der Waals surface area contributed by atoms with Crippen LogP contribution in [-0.2, 0) is 0 Å². The molecule has 0 bridgehead atoms. The lowest BCUT2D eigenvalue weighted by atomic mass is 10.3. The molecule has 0 fully saturated rings. The van der Waals surface area contributed by atoms with Crippen LogP contribution in [0.4, 0.5) is 0 Å². The summed E-state index contributed by atoms with van der Waals surface area (Å²) >= 11 is 0. The van der Waals surface area contributed by atoms with Crippen molar-refractivity contribution in [2.75, 3.05) is 13.2 Å². The van der Waals surface area contributed by atoms with E-state index in [2.05, 4.69) is 13.8 Å². The second-order valence-corrected chi connectivity index (χ2v) is 2.86. The van der Waals surface area contributed by atoms with Crippen LogP contribution in [0.3, 0.4) is 0 Å². The van der Waals surface area contributed by atoms with Crippen molar-refractivity contribution >= 4 is 0 Å². The Morgan fingerprint density at radius 1 is 0.667 bits per heavy atom. The summed E-state index contributed by atoms with van der Waals surface area (Å²) < 4.78 is 0. The first-order chi connectivity index (χ1) is 5.83. The fraction of sp³-hybridized carbons (Fsp3) is 1.00. The molecule has 0 aliphatic carbocycles. The summed E-state index contributed by atoms with van der Waals surface area (Å²) in [5.41, 5.74) is 0. The van der Waals surface area contributed by atoms with E-state index >= 15 is 0 Å². The van der Waals surface area contributed by atoms with E-state index in [0.29, 0.717) is 13.2 Å². The average Bonchev–Trinajstić information content (AvgIpc) is 2.12. The van der Waals surface area contributed by atoms with Crippen LogP contribution in [0.5, 0.6) is 0 Å². The maximum Gasteiger partial charge on any atom is 0.0431 e. The van der Waals surface area contributed by atoms with E-state index in [9.17, 15) is 0 Å². The third-order valence-electron chi connectivity index (χ3n) is 1.52. The molecule has 0 saturated carbocycles. The molecule has 0 heterocycles. The lowest BCUT2D eigenvalue weighted by Gasteiger charge is -1.85. The summed E-state index contributed by atoms with van der Waals surface area (Å²) in [6.07, 6.45) is 6.65. The summed E-state index contributed by atoms with van der Waals surface area (Å²) in [6, 6.07) is 0. The Bertz CT molecular complexity index is 39.8. The molecule has 2 N–H and O–H groups in total. The smallest absolute Gasteiger partial charge is 0.0431 e. The molecule has 0 rings (SSSR count). The van der Waals surface area contributed by atoms with Crippen LogP contribution in [0.2, 0.25) is 0 Å². The SMILES string of the molecule is CCCCCO.CCCCCO. The van der Waals surface area contributed by atoms with Crippen LogP contribution in [-0.4, -0.2) is 23.4 Å². The van der Waals surface area contributed by atoms with E-state index in [1.807, 2.05) is 0 Å². The van der Waals surface area contributed by atoms with Crippen molar-refractivity contribution in [1.29, 1.82) is 0 Å². The van der Waals surface area contributed by atoms with Gasteiger partial charge >= 0.3 is 0 Å². The molecule has 76 valence electrons. The number of aliphatic hydroxyl groups excluding tert-OH is 2. The molecule has 0 aromatic heterocycles. The molecule has 0 radical (unpaired) electrons. The van der Waals surface area contributed by atoms with E-state index in [1.54, 1.807) is 0 Å². The molecule has 0 atom stereocenters. The van der Waals surface area contributed by atoms with E-state index in [0.717, 1.165) is 25.7 Å². The van der Waals surface area contributed by atoms with Crippen LogP contribution in [0.25, 0.3) is 0 Å². The van der Waals surface area contributed by atoms with Crippen LogP contribution in [0.1, 0.15) is 52.4 Å². The highest BCUT2D eigenvalue weighted by Gasteiger charge is 1.76. The van der Waals surface area contributed by atoms with Crippen LogP contribution < -0.4 is 0 Å². The number of hydrogen-bond acceptors (Lipinski definition) is 2. The Hall–Kier alpha value is -0.0800. The van der Waals surface area contributed by atoms with Crippen molar-refractivity contribution in [3.8, 4) is 0 Å². The lowest BCUT2D eigenvalue weighted by molar-refractivity contribution is 0.284. The molecule has 0 amide bonds. The highest BCUT2D eigenvalue weighted by Crippen LogP contribution is 1.89. The number of hydrogen-bond donors (Lipinski definition) is 2. The number of aliphatic hydroxyl groups is 2. The van der Waals surface area contributed by atoms with Gasteiger partial charge in [-0.05, 0) is 12.8 Å². The first-order valence-electron chi connectivity index (χ1n) is 5.05. The first kappa shape index (κ1) is 14.4. The van der Waals surface area contributed by atoms with Crippen molar-refractivity contribution in [3.05, 3.63) is 0 Å². The standard InChI is InChI=1S/2C5H12O/c2*1-2-3-4-5-6/h2*6H,2-5H2,1H3. The molecule has 12 heavy (non-hydrogen) atoms. The van der Waals surface area contributed by atoms with Gasteiger partial charge in [0.2, 0.25) is 0 Å². The molecule has 0 aliphatic rings. The summed E-state index contributed by atoms with van der Waals surface area (Å²) in [7, 11) is 0. The van der Waals surface area contributed by atoms with Gasteiger partial charge in [0.25, 0.3) is 0 Å². The summed E-state index contributed by atoms with van der Waals surface area (Å²) in [4.78, 5) is 0. The molecule has 0 spiro atoms. The van der Waals surface area contributed by atoms with Gasteiger partial charge in [-0.15, -0.1) is 0 Å². The minimum absolute atomic E-state index is 0.355. The summed E-state index contributed by atoms with van der Waals surface area (Å²) in [6.45, 7) is 4.95. The predicted molar refractivity (Wildman–Crippen MR) is 53.2 cm³/mol. The summed E-state index contributed by atoms with van der Waals surface area (Å²) in [5, 5.41) is 16.4. The molecule has 0 saturated heterocycles. The highest BCUT2D eigenvalue weighted by atomic mass is 16.3. The molecule has 2 nitrogen and oxygen atoms in total. The predicted octanol–water partition coefficient (Wildman–Crippen LogP) is 2.34. The van der Waals surface area contributed by atoms with Gasteiger partial charge in [0, 0.05) is 13.2 Å². The Morgan fingerprint density at radius 2 is 1.00 bits per heavy atom. The second kappa shape index (κ2) is 17.1. The molecule has 0 unspecified atom stereocenters. The fourth-order valence-electron chi connectivity index (χ4n) is 0.724. The number of unbranched alkanes of at least 4 members (excludes halogenated alkanes) is 4. The highest BCUT2D eigenvalue weighted by molar-refractivity contribution is 4.31. The van der Waals surface area contributed by atoms with E-state index in [1.165, 1.54) is 12.8 Å². The average molecular weight is 176 g/mol. The molecular formula is C10H24O2. The molecule has 2 heteroatoms. The third kappa shape index (κ3) is 22.5. The van der Waals surface area contributed by atoms with Crippen molar-refractivity contribution in [3.63, 3.8) is 0 Å². The molecule has 0 aliphatic heterocycles. The zero-order chi connectivity index (χ0) is 9.66. The van der Waals surface area contributed by atoms with E-state index in [4.69, 9.17) is 10.2 Å². The van der Waals surface area contributed by atoms with Crippen molar-refractivity contribution < 1.29 is 10.2 Å². The maximum absolute atomic E-state index is 8.20. The molecule has 0 aromatic carbocycles. The van der Waals surface area contributed by atoms with Gasteiger partial charge in [0.15, 0.2) is 0 Å². The van der Waals surface area contributed by atoms with Gasteiger partial charge in [-0.3, -0.25) is 0 Å². The quantitative estimate of drug-likeness (QED) is 0.610. The van der Waals surface area contributed by atoms with Crippen LogP contribution >= 0.6 is 0 Å². The maximum atomic E-state index is 8.20. The minimum Gasteiger partial charge on any atom is -0.396 e. The van der Waals surface area contributed by atoms with Crippen molar-refractivity contribution in [2.24, 2.45) is 0 Å². The van der Waals surface area contributed by atoms with Crippen LogP contribution in [0, 0.1) is 0 Å². The fourth-order valence-corrected chi connectivity index (χ4v) is 0.724. The topological polar surface area (TPSA) is 40.5 Å². The Balaban J connectivity index is 0. The monoisotopic (exact) mass is 176 g/mol. The van der Waals surface area contributed by atoms with E-state index < -0.39 is 0 Å². The van der Waals surface area contributed by atoms with Crippen molar-refractivity contribution in [1.82, 2.24) is 0 Å². The van der Waals surface area contributed by atoms with Gasteiger partial charge in [-0.1, -0.05) is 39.5 Å². The van der Waals surface area contributed by atoms with Crippen LogP contribution in [0.15, 0.2) is 0 Å². The zero-order valence-corrected chi connectivity index (χ0v) is 8.55. The zero-order valence-electron chi connectivity index (χ0n) is 8.55. The lowest BCUT2D eigenvalue weighted by Crippen LogP contribution is -1.78. The minimum atomic E-state index is 0.355. The molecular weight excluding hydrogens is 152 g/mol. The Labute approximate surface area is 76.6 Å².